The molecule has 0 aliphatic rings. The molecule has 0 saturated carbocycles. The van der Waals surface area contributed by atoms with Gasteiger partial charge in [-0.3, -0.25) is 20.2 Å². The van der Waals surface area contributed by atoms with Gasteiger partial charge >= 0.3 is 0 Å². The average molecular weight is 567 g/mol. The van der Waals surface area contributed by atoms with Gasteiger partial charge in [-0.15, -0.1) is 0 Å². The summed E-state index contributed by atoms with van der Waals surface area (Å²) in [5, 5.41) is 24.4. The van der Waals surface area contributed by atoms with Crippen LogP contribution in [0.5, 0.6) is 0 Å². The standard InChI is InChI=1S/C25H18N4O8S2/c30-28(31)20-5-13-24(14-6-20)38(34,35)22-9-1-18(2-10-22)26-17-27-19-3-11-23(12-4-19)39(36,37)25-15-7-21(8-16-25)29(32)33/h1-17H,(H,26,27). The molecule has 0 amide bonds. The van der Waals surface area contributed by atoms with Gasteiger partial charge in [-0.1, -0.05) is 0 Å². The number of benzene rings is 4. The predicted molar refractivity (Wildman–Crippen MR) is 142 cm³/mol. The Kier molecular flexibility index (Phi) is 7.51. The number of anilines is 1. The summed E-state index contributed by atoms with van der Waals surface area (Å²) in [6, 6.07) is 20.7. The van der Waals surface area contributed by atoms with Crippen molar-refractivity contribution in [3.63, 3.8) is 0 Å². The maximum atomic E-state index is 12.8. The van der Waals surface area contributed by atoms with Crippen LogP contribution in [0.15, 0.2) is 122 Å². The first-order valence-electron chi connectivity index (χ1n) is 11.0. The number of nitro benzene ring substituents is 2. The lowest BCUT2D eigenvalue weighted by Gasteiger charge is -2.06. The second-order valence-corrected chi connectivity index (χ2v) is 11.8. The Morgan fingerprint density at radius 3 is 1.26 bits per heavy atom. The Bertz CT molecular complexity index is 1770. The Hall–Kier alpha value is -4.95. The van der Waals surface area contributed by atoms with Crippen molar-refractivity contribution in [1.29, 1.82) is 0 Å². The molecule has 0 spiro atoms. The van der Waals surface area contributed by atoms with E-state index < -0.39 is 29.5 Å². The Balaban J connectivity index is 1.41. The van der Waals surface area contributed by atoms with E-state index in [1.807, 2.05) is 0 Å². The summed E-state index contributed by atoms with van der Waals surface area (Å²) in [4.78, 5) is 24.4. The molecule has 12 nitrogen and oxygen atoms in total. The minimum atomic E-state index is -3.87. The van der Waals surface area contributed by atoms with E-state index in [4.69, 9.17) is 0 Å². The quantitative estimate of drug-likeness (QED) is 0.127. The van der Waals surface area contributed by atoms with Gasteiger partial charge in [0.05, 0.1) is 41.5 Å². The van der Waals surface area contributed by atoms with Gasteiger partial charge < -0.3 is 5.32 Å². The van der Waals surface area contributed by atoms with E-state index in [-0.39, 0.29) is 31.0 Å². The molecule has 0 saturated heterocycles. The molecular formula is C25H18N4O8S2. The summed E-state index contributed by atoms with van der Waals surface area (Å²) in [7, 11) is -7.74. The van der Waals surface area contributed by atoms with Crippen LogP contribution in [-0.2, 0) is 19.7 Å². The van der Waals surface area contributed by atoms with Gasteiger partial charge in [-0.2, -0.15) is 0 Å². The van der Waals surface area contributed by atoms with Crippen molar-refractivity contribution in [2.75, 3.05) is 5.32 Å². The molecule has 0 bridgehead atoms. The minimum absolute atomic E-state index is 0.00339. The van der Waals surface area contributed by atoms with Crippen LogP contribution in [0.2, 0.25) is 0 Å². The molecule has 39 heavy (non-hydrogen) atoms. The van der Waals surface area contributed by atoms with Crippen LogP contribution < -0.4 is 5.32 Å². The highest BCUT2D eigenvalue weighted by atomic mass is 32.2. The van der Waals surface area contributed by atoms with Crippen LogP contribution in [0.25, 0.3) is 0 Å². The fraction of sp³-hybridized carbons (Fsp3) is 0. The van der Waals surface area contributed by atoms with Crippen molar-refractivity contribution in [3.05, 3.63) is 117 Å². The van der Waals surface area contributed by atoms with E-state index in [0.29, 0.717) is 11.4 Å². The van der Waals surface area contributed by atoms with Gasteiger partial charge in [-0.05, 0) is 72.8 Å². The van der Waals surface area contributed by atoms with Crippen molar-refractivity contribution < 1.29 is 26.7 Å². The summed E-state index contributed by atoms with van der Waals surface area (Å²) in [6.45, 7) is 0. The van der Waals surface area contributed by atoms with Gasteiger partial charge in [-0.25, -0.2) is 21.8 Å². The van der Waals surface area contributed by atoms with E-state index in [1.165, 1.54) is 79.1 Å². The normalized spacial score (nSPS) is 11.8. The van der Waals surface area contributed by atoms with Crippen molar-refractivity contribution >= 4 is 48.8 Å². The summed E-state index contributed by atoms with van der Waals surface area (Å²) in [5.41, 5.74) is 0.529. The first kappa shape index (κ1) is 27.1. The number of sulfone groups is 2. The first-order valence-corrected chi connectivity index (χ1v) is 13.9. The van der Waals surface area contributed by atoms with Crippen molar-refractivity contribution in [2.45, 2.75) is 19.6 Å². The molecule has 0 aliphatic carbocycles. The number of nitrogens with zero attached hydrogens (tertiary/aromatic N) is 3. The van der Waals surface area contributed by atoms with E-state index in [9.17, 15) is 37.1 Å². The molecular weight excluding hydrogens is 548 g/mol. The molecule has 4 aromatic carbocycles. The maximum absolute atomic E-state index is 12.8. The highest BCUT2D eigenvalue weighted by molar-refractivity contribution is 7.91. The minimum Gasteiger partial charge on any atom is -0.346 e. The smallest absolute Gasteiger partial charge is 0.269 e. The molecule has 0 aromatic heterocycles. The zero-order chi connectivity index (χ0) is 28.2. The molecule has 0 atom stereocenters. The van der Waals surface area contributed by atoms with Crippen molar-refractivity contribution in [3.8, 4) is 0 Å². The molecule has 4 aromatic rings. The number of rotatable bonds is 9. The summed E-state index contributed by atoms with van der Waals surface area (Å²) in [6.07, 6.45) is 1.35. The SMILES string of the molecule is O=[N+]([O-])c1ccc(S(=O)(=O)c2ccc(N=CNc3ccc(S(=O)(=O)c4ccc([N+](=O)[O-])cc4)cc3)cc2)cc1. The number of nitro groups is 2. The molecule has 0 aliphatic heterocycles. The summed E-state index contributed by atoms with van der Waals surface area (Å²) < 4.78 is 51.1. The fourth-order valence-corrected chi connectivity index (χ4v) is 5.91. The Morgan fingerprint density at radius 2 is 0.897 bits per heavy atom. The van der Waals surface area contributed by atoms with E-state index in [2.05, 4.69) is 10.3 Å². The fourth-order valence-electron chi connectivity index (χ4n) is 3.39. The lowest BCUT2D eigenvalue weighted by molar-refractivity contribution is -0.385. The number of hydrogen-bond donors (Lipinski definition) is 1. The molecule has 0 unspecified atom stereocenters. The van der Waals surface area contributed by atoms with Crippen LogP contribution in [-0.4, -0.2) is 33.0 Å². The van der Waals surface area contributed by atoms with Crippen LogP contribution in [0, 0.1) is 20.2 Å². The van der Waals surface area contributed by atoms with Gasteiger partial charge in [0.2, 0.25) is 19.7 Å². The first-order chi connectivity index (χ1) is 18.5. The maximum Gasteiger partial charge on any atom is 0.269 e. The largest absolute Gasteiger partial charge is 0.346 e. The van der Waals surface area contributed by atoms with Gasteiger partial charge in [0.1, 0.15) is 0 Å². The summed E-state index contributed by atoms with van der Waals surface area (Å²) >= 11 is 0. The molecule has 198 valence electrons. The van der Waals surface area contributed by atoms with Gasteiger partial charge in [0, 0.05) is 30.0 Å². The lowest BCUT2D eigenvalue weighted by Crippen LogP contribution is -2.03. The van der Waals surface area contributed by atoms with Gasteiger partial charge in [0.15, 0.2) is 0 Å². The zero-order valence-corrected chi connectivity index (χ0v) is 21.4. The van der Waals surface area contributed by atoms with E-state index >= 15 is 0 Å². The van der Waals surface area contributed by atoms with Crippen LogP contribution >= 0.6 is 0 Å². The topological polar surface area (TPSA) is 179 Å². The zero-order valence-electron chi connectivity index (χ0n) is 19.7. The molecule has 0 radical (unpaired) electrons. The third-order valence-electron chi connectivity index (χ3n) is 5.47. The van der Waals surface area contributed by atoms with E-state index in [0.717, 1.165) is 24.3 Å². The van der Waals surface area contributed by atoms with Crippen LogP contribution in [0.3, 0.4) is 0 Å². The predicted octanol–water partition coefficient (Wildman–Crippen LogP) is 4.94. The van der Waals surface area contributed by atoms with Crippen LogP contribution in [0.1, 0.15) is 0 Å². The molecule has 0 fully saturated rings. The Morgan fingerprint density at radius 1 is 0.564 bits per heavy atom. The van der Waals surface area contributed by atoms with E-state index in [1.54, 1.807) is 0 Å². The number of non-ortho nitro benzene ring substituents is 2. The van der Waals surface area contributed by atoms with Gasteiger partial charge in [0.25, 0.3) is 11.4 Å². The van der Waals surface area contributed by atoms with Crippen molar-refractivity contribution in [1.82, 2.24) is 0 Å². The molecule has 1 N–H and O–H groups in total. The highest BCUT2D eigenvalue weighted by Crippen LogP contribution is 2.26. The molecule has 14 heteroatoms. The third-order valence-corrected chi connectivity index (χ3v) is 9.04. The number of aliphatic imine (C=N–C) groups is 1. The summed E-state index contributed by atoms with van der Waals surface area (Å²) in [5.74, 6) is 0. The van der Waals surface area contributed by atoms with Crippen LogP contribution in [0.4, 0.5) is 22.7 Å². The third kappa shape index (κ3) is 5.97. The number of hydrogen-bond acceptors (Lipinski definition) is 9. The number of nitrogens with one attached hydrogen (secondary N) is 1. The van der Waals surface area contributed by atoms with Crippen molar-refractivity contribution in [2.24, 2.45) is 4.99 Å². The second kappa shape index (κ2) is 10.8. The molecule has 4 rings (SSSR count). The second-order valence-electron chi connectivity index (χ2n) is 7.93. The highest BCUT2D eigenvalue weighted by Gasteiger charge is 2.20. The monoisotopic (exact) mass is 566 g/mol. The lowest BCUT2D eigenvalue weighted by atomic mass is 10.3. The molecule has 0 heterocycles. The Labute approximate surface area is 222 Å². The average Bonchev–Trinajstić information content (AvgIpc) is 2.93.